The molecule has 3 nitrogen and oxygen atoms in total. The molecular formula is C15H15NO2. The highest BCUT2D eigenvalue weighted by Gasteiger charge is 2.22. The topological polar surface area (TPSA) is 42.2 Å². The smallest absolute Gasteiger partial charge is 0.287 e. The van der Waals surface area contributed by atoms with Crippen molar-refractivity contribution in [2.75, 3.05) is 0 Å². The number of benzene rings is 1. The van der Waals surface area contributed by atoms with Crippen LogP contribution >= 0.6 is 0 Å². The van der Waals surface area contributed by atoms with E-state index >= 15 is 0 Å². The summed E-state index contributed by atoms with van der Waals surface area (Å²) in [6.07, 6.45) is 4.72. The molecule has 0 saturated carbocycles. The molecular weight excluding hydrogens is 226 g/mol. The van der Waals surface area contributed by atoms with Gasteiger partial charge in [0, 0.05) is 0 Å². The van der Waals surface area contributed by atoms with E-state index in [1.807, 2.05) is 6.07 Å². The molecule has 0 saturated heterocycles. The highest BCUT2D eigenvalue weighted by atomic mass is 16.3. The molecule has 0 bridgehead atoms. The third kappa shape index (κ3) is 2.04. The van der Waals surface area contributed by atoms with E-state index in [0.29, 0.717) is 5.76 Å². The third-order valence-corrected chi connectivity index (χ3v) is 3.42. The minimum absolute atomic E-state index is 0.104. The number of fused-ring (bicyclic) bond motifs is 1. The first-order valence-electron chi connectivity index (χ1n) is 6.27. The van der Waals surface area contributed by atoms with E-state index in [1.54, 1.807) is 12.1 Å². The van der Waals surface area contributed by atoms with Crippen LogP contribution in [0.25, 0.3) is 0 Å². The van der Waals surface area contributed by atoms with Crippen LogP contribution in [-0.2, 0) is 6.42 Å². The van der Waals surface area contributed by atoms with Gasteiger partial charge in [-0.25, -0.2) is 0 Å². The van der Waals surface area contributed by atoms with E-state index in [2.05, 4.69) is 23.5 Å². The number of carbonyl (C=O) groups excluding carboxylic acids is 1. The van der Waals surface area contributed by atoms with Crippen LogP contribution in [0.1, 0.15) is 40.6 Å². The quantitative estimate of drug-likeness (QED) is 0.877. The highest BCUT2D eigenvalue weighted by Crippen LogP contribution is 2.29. The molecule has 0 radical (unpaired) electrons. The molecule has 1 aliphatic carbocycles. The van der Waals surface area contributed by atoms with Gasteiger partial charge in [0.1, 0.15) is 0 Å². The van der Waals surface area contributed by atoms with Crippen molar-refractivity contribution >= 4 is 5.91 Å². The summed E-state index contributed by atoms with van der Waals surface area (Å²) < 4.78 is 5.11. The zero-order valence-corrected chi connectivity index (χ0v) is 10.1. The van der Waals surface area contributed by atoms with Crippen molar-refractivity contribution in [3.8, 4) is 0 Å². The Labute approximate surface area is 106 Å². The molecule has 0 unspecified atom stereocenters. The van der Waals surface area contributed by atoms with Crippen LogP contribution in [0, 0.1) is 0 Å². The Morgan fingerprint density at radius 1 is 1.22 bits per heavy atom. The van der Waals surface area contributed by atoms with E-state index in [4.69, 9.17) is 4.42 Å². The predicted octanol–water partition coefficient (Wildman–Crippen LogP) is 3.09. The molecule has 3 heteroatoms. The lowest BCUT2D eigenvalue weighted by Gasteiger charge is -2.25. The van der Waals surface area contributed by atoms with Crippen molar-refractivity contribution in [2.24, 2.45) is 0 Å². The van der Waals surface area contributed by atoms with E-state index in [0.717, 1.165) is 19.3 Å². The van der Waals surface area contributed by atoms with Crippen LogP contribution in [0.2, 0.25) is 0 Å². The SMILES string of the molecule is O=C(N[C@H]1CCCc2ccccc21)c1ccco1. The Morgan fingerprint density at radius 3 is 2.94 bits per heavy atom. The van der Waals surface area contributed by atoms with E-state index in [9.17, 15) is 4.79 Å². The first-order valence-corrected chi connectivity index (χ1v) is 6.27. The number of rotatable bonds is 2. The Hall–Kier alpha value is -2.03. The molecule has 1 heterocycles. The Bertz CT molecular complexity index is 545. The Morgan fingerprint density at radius 2 is 2.11 bits per heavy atom. The number of hydrogen-bond donors (Lipinski definition) is 1. The van der Waals surface area contributed by atoms with Crippen molar-refractivity contribution in [1.82, 2.24) is 5.32 Å². The van der Waals surface area contributed by atoms with Crippen LogP contribution < -0.4 is 5.32 Å². The van der Waals surface area contributed by atoms with Gasteiger partial charge < -0.3 is 9.73 Å². The van der Waals surface area contributed by atoms with Crippen LogP contribution in [0.4, 0.5) is 0 Å². The third-order valence-electron chi connectivity index (χ3n) is 3.42. The zero-order chi connectivity index (χ0) is 12.4. The van der Waals surface area contributed by atoms with Gasteiger partial charge in [-0.2, -0.15) is 0 Å². The van der Waals surface area contributed by atoms with Gasteiger partial charge in [-0.3, -0.25) is 4.79 Å². The van der Waals surface area contributed by atoms with Gasteiger partial charge >= 0.3 is 0 Å². The molecule has 92 valence electrons. The lowest BCUT2D eigenvalue weighted by Crippen LogP contribution is -2.30. The molecule has 18 heavy (non-hydrogen) atoms. The predicted molar refractivity (Wildman–Crippen MR) is 68.3 cm³/mol. The molecule has 1 aliphatic rings. The molecule has 0 fully saturated rings. The van der Waals surface area contributed by atoms with E-state index in [-0.39, 0.29) is 11.9 Å². The van der Waals surface area contributed by atoms with Gasteiger partial charge in [-0.1, -0.05) is 24.3 Å². The molecule has 0 aliphatic heterocycles. The summed E-state index contributed by atoms with van der Waals surface area (Å²) >= 11 is 0. The number of aryl methyl sites for hydroxylation is 1. The fourth-order valence-electron chi connectivity index (χ4n) is 2.54. The van der Waals surface area contributed by atoms with Crippen molar-refractivity contribution in [2.45, 2.75) is 25.3 Å². The number of nitrogens with one attached hydrogen (secondary N) is 1. The number of amides is 1. The Balaban J connectivity index is 1.80. The van der Waals surface area contributed by atoms with Crippen molar-refractivity contribution in [3.05, 3.63) is 59.5 Å². The van der Waals surface area contributed by atoms with Gasteiger partial charge in [0.25, 0.3) is 5.91 Å². The standard InChI is InChI=1S/C15H15NO2/c17-15(14-9-4-10-18-14)16-13-8-3-6-11-5-1-2-7-12(11)13/h1-2,4-5,7,9-10,13H,3,6,8H2,(H,16,17)/t13-/m0/s1. The summed E-state index contributed by atoms with van der Waals surface area (Å²) in [5.74, 6) is 0.236. The van der Waals surface area contributed by atoms with E-state index in [1.165, 1.54) is 17.4 Å². The molecule has 1 atom stereocenters. The van der Waals surface area contributed by atoms with Crippen molar-refractivity contribution in [1.29, 1.82) is 0 Å². The monoisotopic (exact) mass is 241 g/mol. The largest absolute Gasteiger partial charge is 0.459 e. The zero-order valence-electron chi connectivity index (χ0n) is 10.1. The molecule has 1 aromatic heterocycles. The lowest BCUT2D eigenvalue weighted by molar-refractivity contribution is 0.0904. The minimum atomic E-state index is -0.137. The number of furan rings is 1. The number of carbonyl (C=O) groups is 1. The first-order chi connectivity index (χ1) is 8.84. The van der Waals surface area contributed by atoms with Gasteiger partial charge in [0.15, 0.2) is 5.76 Å². The Kier molecular flexibility index (Phi) is 2.89. The highest BCUT2D eigenvalue weighted by molar-refractivity contribution is 5.91. The van der Waals surface area contributed by atoms with Crippen LogP contribution in [0.3, 0.4) is 0 Å². The van der Waals surface area contributed by atoms with Crippen molar-refractivity contribution < 1.29 is 9.21 Å². The maximum Gasteiger partial charge on any atom is 0.287 e. The summed E-state index contributed by atoms with van der Waals surface area (Å²) in [6.45, 7) is 0. The van der Waals surface area contributed by atoms with Crippen LogP contribution in [0.15, 0.2) is 47.1 Å². The molecule has 1 amide bonds. The van der Waals surface area contributed by atoms with E-state index < -0.39 is 0 Å². The number of hydrogen-bond acceptors (Lipinski definition) is 2. The summed E-state index contributed by atoms with van der Waals surface area (Å²) in [6, 6.07) is 11.8. The van der Waals surface area contributed by atoms with Crippen LogP contribution in [-0.4, -0.2) is 5.91 Å². The average molecular weight is 241 g/mol. The molecule has 1 aromatic carbocycles. The van der Waals surface area contributed by atoms with Gasteiger partial charge in [0.05, 0.1) is 12.3 Å². The fraction of sp³-hybridized carbons (Fsp3) is 0.267. The molecule has 2 aromatic rings. The maximum absolute atomic E-state index is 12.0. The van der Waals surface area contributed by atoms with Gasteiger partial charge in [0.2, 0.25) is 0 Å². The molecule has 3 rings (SSSR count). The fourth-order valence-corrected chi connectivity index (χ4v) is 2.54. The second-order valence-electron chi connectivity index (χ2n) is 4.59. The summed E-state index contributed by atoms with van der Waals surface area (Å²) in [4.78, 5) is 12.0. The molecule has 1 N–H and O–H groups in total. The summed E-state index contributed by atoms with van der Waals surface area (Å²) in [7, 11) is 0. The maximum atomic E-state index is 12.0. The first kappa shape index (κ1) is 11.1. The van der Waals surface area contributed by atoms with Crippen LogP contribution in [0.5, 0.6) is 0 Å². The lowest BCUT2D eigenvalue weighted by atomic mass is 9.88. The average Bonchev–Trinajstić information content (AvgIpc) is 2.93. The summed E-state index contributed by atoms with van der Waals surface area (Å²) in [5, 5.41) is 3.04. The van der Waals surface area contributed by atoms with Gasteiger partial charge in [-0.05, 0) is 42.5 Å². The minimum Gasteiger partial charge on any atom is -0.459 e. The molecule has 0 spiro atoms. The second kappa shape index (κ2) is 4.69. The van der Waals surface area contributed by atoms with Crippen molar-refractivity contribution in [3.63, 3.8) is 0 Å². The van der Waals surface area contributed by atoms with Gasteiger partial charge in [-0.15, -0.1) is 0 Å². The normalized spacial score (nSPS) is 18.1. The second-order valence-corrected chi connectivity index (χ2v) is 4.59. The summed E-state index contributed by atoms with van der Waals surface area (Å²) in [5.41, 5.74) is 2.58.